The third kappa shape index (κ3) is 3.29. The molecule has 3 aromatic rings. The molecule has 0 fully saturated rings. The molecule has 0 aliphatic heterocycles. The maximum absolute atomic E-state index is 14.3. The number of halogens is 1. The van der Waals surface area contributed by atoms with Gasteiger partial charge in [-0.1, -0.05) is 49.4 Å². The van der Waals surface area contributed by atoms with Crippen LogP contribution in [0.2, 0.25) is 0 Å². The minimum Gasteiger partial charge on any atom is -0.477 e. The van der Waals surface area contributed by atoms with Crippen molar-refractivity contribution in [2.24, 2.45) is 0 Å². The first kappa shape index (κ1) is 18.9. The molecule has 1 heterocycles. The summed E-state index contributed by atoms with van der Waals surface area (Å²) in [5.41, 5.74) is 2.90. The second-order valence-electron chi connectivity index (χ2n) is 7.05. The van der Waals surface area contributed by atoms with E-state index in [9.17, 15) is 19.1 Å². The normalized spacial score (nSPS) is 13.7. The van der Waals surface area contributed by atoms with E-state index in [-0.39, 0.29) is 24.4 Å². The Kier molecular flexibility index (Phi) is 4.89. The van der Waals surface area contributed by atoms with E-state index in [0.717, 1.165) is 12.0 Å². The van der Waals surface area contributed by atoms with Crippen LogP contribution in [0.3, 0.4) is 0 Å². The van der Waals surface area contributed by atoms with Crippen LogP contribution in [0.25, 0.3) is 16.5 Å². The van der Waals surface area contributed by atoms with E-state index in [0.29, 0.717) is 27.6 Å². The van der Waals surface area contributed by atoms with Gasteiger partial charge in [0.1, 0.15) is 11.5 Å². The van der Waals surface area contributed by atoms with Gasteiger partial charge in [-0.3, -0.25) is 4.79 Å². The van der Waals surface area contributed by atoms with E-state index in [1.807, 2.05) is 25.1 Å². The summed E-state index contributed by atoms with van der Waals surface area (Å²) >= 11 is 0. The summed E-state index contributed by atoms with van der Waals surface area (Å²) in [5, 5.41) is 10.8. The van der Waals surface area contributed by atoms with Crippen LogP contribution in [0, 0.1) is 5.82 Å². The number of hydrogen-bond acceptors (Lipinski definition) is 2. The molecule has 0 amide bonds. The Labute approximate surface area is 167 Å². The highest BCUT2D eigenvalue weighted by Gasteiger charge is 2.28. The zero-order valence-corrected chi connectivity index (χ0v) is 16.0. The van der Waals surface area contributed by atoms with Gasteiger partial charge < -0.3 is 9.67 Å². The molecule has 4 rings (SSSR count). The van der Waals surface area contributed by atoms with E-state index >= 15 is 0 Å². The molecule has 1 aliphatic carbocycles. The van der Waals surface area contributed by atoms with E-state index in [1.165, 1.54) is 6.07 Å². The van der Waals surface area contributed by atoms with Crippen LogP contribution < -0.4 is 0 Å². The molecule has 2 aromatic carbocycles. The highest BCUT2D eigenvalue weighted by molar-refractivity contribution is 6.27. The summed E-state index contributed by atoms with van der Waals surface area (Å²) in [6, 6.07) is 12.0. The van der Waals surface area contributed by atoms with Crippen LogP contribution in [0.5, 0.6) is 0 Å². The fourth-order valence-corrected chi connectivity index (χ4v) is 3.84. The number of benzene rings is 2. The number of rotatable bonds is 5. The molecule has 0 saturated carbocycles. The maximum Gasteiger partial charge on any atom is 0.353 e. The fraction of sp³-hybridized carbons (Fsp3) is 0.167. The summed E-state index contributed by atoms with van der Waals surface area (Å²) in [6.07, 6.45) is 6.20. The minimum absolute atomic E-state index is 0.00593. The lowest BCUT2D eigenvalue weighted by Crippen LogP contribution is -2.14. The Balaban J connectivity index is 2.05. The van der Waals surface area contributed by atoms with Crippen LogP contribution >= 0.6 is 0 Å². The molecule has 146 valence electrons. The van der Waals surface area contributed by atoms with Gasteiger partial charge in [0.25, 0.3) is 0 Å². The molecule has 5 heteroatoms. The predicted octanol–water partition coefficient (Wildman–Crippen LogP) is 5.00. The van der Waals surface area contributed by atoms with Crippen molar-refractivity contribution in [1.29, 1.82) is 0 Å². The average molecular weight is 389 g/mol. The number of nitrogens with zero attached hydrogens (tertiary/aromatic N) is 1. The van der Waals surface area contributed by atoms with E-state index in [1.54, 1.807) is 41.0 Å². The van der Waals surface area contributed by atoms with Crippen molar-refractivity contribution in [1.82, 2.24) is 4.57 Å². The summed E-state index contributed by atoms with van der Waals surface area (Å²) in [5.74, 6) is -1.66. The van der Waals surface area contributed by atoms with Gasteiger partial charge in [-0.15, -0.1) is 0 Å². The highest BCUT2D eigenvalue weighted by atomic mass is 19.1. The van der Waals surface area contributed by atoms with Gasteiger partial charge >= 0.3 is 5.97 Å². The van der Waals surface area contributed by atoms with Crippen LogP contribution in [-0.2, 0) is 17.8 Å². The summed E-state index contributed by atoms with van der Waals surface area (Å²) in [7, 11) is 0. The number of aromatic nitrogens is 1. The number of allylic oxidation sites excluding steroid dienone is 4. The number of aryl methyl sites for hydroxylation is 1. The summed E-state index contributed by atoms with van der Waals surface area (Å²) in [4.78, 5) is 24.9. The standard InChI is InChI=1S/C24H20FNO3/c1-2-15-11-12-20-18(13-15)22(17-8-4-6-10-21(17)27)23(24(28)29)26(20)14-16-7-3-5-9-19(16)25/h3-9,11-13H,2,10,14H2,1H3,(H,28,29). The molecule has 0 spiro atoms. The fourth-order valence-electron chi connectivity index (χ4n) is 3.84. The Bertz CT molecular complexity index is 1200. The minimum atomic E-state index is -1.14. The molecule has 1 N–H and O–H groups in total. The first-order valence-corrected chi connectivity index (χ1v) is 9.53. The predicted molar refractivity (Wildman–Crippen MR) is 111 cm³/mol. The third-order valence-electron chi connectivity index (χ3n) is 5.30. The number of carbonyl (C=O) groups excluding carboxylic acids is 1. The van der Waals surface area contributed by atoms with Crippen molar-refractivity contribution < 1.29 is 19.1 Å². The molecule has 29 heavy (non-hydrogen) atoms. The largest absolute Gasteiger partial charge is 0.477 e. The zero-order chi connectivity index (χ0) is 20.5. The molecule has 0 saturated heterocycles. The lowest BCUT2D eigenvalue weighted by molar-refractivity contribution is -0.113. The smallest absolute Gasteiger partial charge is 0.353 e. The Hall–Kier alpha value is -3.47. The number of aromatic carboxylic acids is 1. The van der Waals surface area contributed by atoms with Gasteiger partial charge in [-0.25, -0.2) is 9.18 Å². The van der Waals surface area contributed by atoms with Crippen molar-refractivity contribution in [3.05, 3.63) is 88.9 Å². The van der Waals surface area contributed by atoms with E-state index in [2.05, 4.69) is 0 Å². The van der Waals surface area contributed by atoms with Gasteiger partial charge in [0.05, 0.1) is 6.54 Å². The van der Waals surface area contributed by atoms with Gasteiger partial charge in [0.15, 0.2) is 5.78 Å². The third-order valence-corrected chi connectivity index (χ3v) is 5.30. The Morgan fingerprint density at radius 3 is 2.69 bits per heavy atom. The lowest BCUT2D eigenvalue weighted by Gasteiger charge is -2.12. The zero-order valence-electron chi connectivity index (χ0n) is 16.0. The number of carbonyl (C=O) groups is 2. The molecule has 0 atom stereocenters. The molecular weight excluding hydrogens is 369 g/mol. The number of hydrogen-bond donors (Lipinski definition) is 1. The second kappa shape index (κ2) is 7.51. The molecule has 1 aromatic heterocycles. The number of Topliss-reactive ketones (excluding diaryl/α,β-unsaturated/α-hetero) is 1. The molecule has 1 aliphatic rings. The van der Waals surface area contributed by atoms with Crippen molar-refractivity contribution in [2.45, 2.75) is 26.3 Å². The maximum atomic E-state index is 14.3. The molecule has 4 nitrogen and oxygen atoms in total. The summed E-state index contributed by atoms with van der Waals surface area (Å²) < 4.78 is 15.9. The Morgan fingerprint density at radius 1 is 1.21 bits per heavy atom. The molecule has 0 bridgehead atoms. The first-order valence-electron chi connectivity index (χ1n) is 9.53. The number of fused-ring (bicyclic) bond motifs is 1. The van der Waals surface area contributed by atoms with Gasteiger partial charge in [0, 0.05) is 34.0 Å². The average Bonchev–Trinajstić information content (AvgIpc) is 3.03. The molecule has 0 unspecified atom stereocenters. The number of carboxylic acid groups (broad SMARTS) is 1. The number of ketones is 1. The summed E-state index contributed by atoms with van der Waals surface area (Å²) in [6.45, 7) is 2.08. The van der Waals surface area contributed by atoms with Crippen LogP contribution in [0.15, 0.2) is 60.7 Å². The van der Waals surface area contributed by atoms with Crippen molar-refractivity contribution >= 4 is 28.2 Å². The Morgan fingerprint density at radius 2 is 2.00 bits per heavy atom. The molecule has 0 radical (unpaired) electrons. The quantitative estimate of drug-likeness (QED) is 0.668. The van der Waals surface area contributed by atoms with Crippen LogP contribution in [0.4, 0.5) is 4.39 Å². The lowest BCUT2D eigenvalue weighted by atomic mass is 9.93. The van der Waals surface area contributed by atoms with Crippen molar-refractivity contribution in [3.63, 3.8) is 0 Å². The van der Waals surface area contributed by atoms with Gasteiger partial charge in [0.2, 0.25) is 0 Å². The molecular formula is C24H20FNO3. The van der Waals surface area contributed by atoms with E-state index in [4.69, 9.17) is 0 Å². The van der Waals surface area contributed by atoms with Crippen molar-refractivity contribution in [3.8, 4) is 0 Å². The van der Waals surface area contributed by atoms with Crippen LogP contribution in [0.1, 0.15) is 40.5 Å². The SMILES string of the molecule is CCc1ccc2c(c1)c(C1=CC=CCC1=O)c(C(=O)O)n2Cc1ccccc1F. The highest BCUT2D eigenvalue weighted by Crippen LogP contribution is 2.35. The monoisotopic (exact) mass is 389 g/mol. The second-order valence-corrected chi connectivity index (χ2v) is 7.05. The van der Waals surface area contributed by atoms with Crippen LogP contribution in [-0.4, -0.2) is 21.4 Å². The van der Waals surface area contributed by atoms with Gasteiger partial charge in [-0.2, -0.15) is 0 Å². The van der Waals surface area contributed by atoms with E-state index < -0.39 is 11.8 Å². The van der Waals surface area contributed by atoms with Crippen molar-refractivity contribution in [2.75, 3.05) is 0 Å². The van der Waals surface area contributed by atoms with Gasteiger partial charge in [-0.05, 0) is 30.2 Å². The first-order chi connectivity index (χ1) is 14.0. The topological polar surface area (TPSA) is 59.3 Å². The number of carboxylic acids is 1.